The van der Waals surface area contributed by atoms with Crippen molar-refractivity contribution >= 4 is 50.9 Å². The maximum absolute atomic E-state index is 13.8. The monoisotopic (exact) mass is 590 g/mol. The molecule has 0 saturated heterocycles. The highest BCUT2D eigenvalue weighted by molar-refractivity contribution is 9.10. The van der Waals surface area contributed by atoms with Crippen molar-refractivity contribution in [3.8, 4) is 11.5 Å². The highest BCUT2D eigenvalue weighted by Crippen LogP contribution is 2.34. The molecule has 1 atom stereocenters. The molecule has 4 rings (SSSR count). The molecule has 2 aromatic carbocycles. The molecule has 10 heteroatoms. The Kier molecular flexibility index (Phi) is 7.73. The number of hydrogen-bond donors (Lipinski definition) is 0. The minimum atomic E-state index is -0.712. The number of fused-ring (bicyclic) bond motifs is 1. The van der Waals surface area contributed by atoms with Gasteiger partial charge in [-0.1, -0.05) is 35.1 Å². The molecule has 1 aliphatic heterocycles. The van der Waals surface area contributed by atoms with Crippen LogP contribution in [0.4, 0.5) is 0 Å². The molecular weight excluding hydrogens is 568 g/mol. The first-order valence-electron chi connectivity index (χ1n) is 11.0. The molecule has 1 aliphatic rings. The summed E-state index contributed by atoms with van der Waals surface area (Å²) in [5.41, 5.74) is 1.94. The van der Waals surface area contributed by atoms with Gasteiger partial charge in [-0.3, -0.25) is 9.36 Å². The maximum atomic E-state index is 13.8. The largest absolute Gasteiger partial charge is 0.496 e. The molecule has 1 unspecified atom stereocenters. The number of ether oxygens (including phenoxy) is 3. The van der Waals surface area contributed by atoms with Crippen molar-refractivity contribution in [3.63, 3.8) is 0 Å². The standard InChI is InChI=1S/C26H24BrClN2O5S/c1-13(2)35-25(32)22-14(3)29-26-30(23(22)15-6-8-17(28)9-7-15)24(31)21(36-26)11-16-10-18(27)20(34-5)12-19(16)33-4/h6-13,23H,1-5H3/b21-11-. The molecule has 7 nitrogen and oxygen atoms in total. The van der Waals surface area contributed by atoms with E-state index in [0.29, 0.717) is 42.7 Å². The predicted octanol–water partition coefficient (Wildman–Crippen LogP) is 4.62. The molecule has 36 heavy (non-hydrogen) atoms. The summed E-state index contributed by atoms with van der Waals surface area (Å²) in [5, 5.41) is 0.551. The van der Waals surface area contributed by atoms with Crippen molar-refractivity contribution in [1.29, 1.82) is 0 Å². The third-order valence-corrected chi connectivity index (χ3v) is 7.42. The fourth-order valence-electron chi connectivity index (χ4n) is 3.96. The average molecular weight is 592 g/mol. The van der Waals surface area contributed by atoms with E-state index in [0.717, 1.165) is 10.0 Å². The molecule has 0 N–H and O–H groups in total. The van der Waals surface area contributed by atoms with E-state index in [1.165, 1.54) is 15.9 Å². The van der Waals surface area contributed by atoms with E-state index in [1.54, 1.807) is 71.4 Å². The van der Waals surface area contributed by atoms with Crippen molar-refractivity contribution in [2.45, 2.75) is 32.9 Å². The number of benzene rings is 2. The van der Waals surface area contributed by atoms with Gasteiger partial charge < -0.3 is 14.2 Å². The fraction of sp³-hybridized carbons (Fsp3) is 0.269. The summed E-state index contributed by atoms with van der Waals surface area (Å²) in [4.78, 5) is 32.0. The Morgan fingerprint density at radius 3 is 2.44 bits per heavy atom. The molecular formula is C26H24BrClN2O5S. The zero-order valence-electron chi connectivity index (χ0n) is 20.3. The van der Waals surface area contributed by atoms with Gasteiger partial charge in [0.2, 0.25) is 0 Å². The number of nitrogens with zero attached hydrogens (tertiary/aromatic N) is 2. The van der Waals surface area contributed by atoms with Gasteiger partial charge in [0.15, 0.2) is 4.80 Å². The highest BCUT2D eigenvalue weighted by Gasteiger charge is 2.33. The van der Waals surface area contributed by atoms with Crippen molar-refractivity contribution in [1.82, 2.24) is 4.57 Å². The van der Waals surface area contributed by atoms with Gasteiger partial charge in [0, 0.05) is 16.7 Å². The molecule has 0 spiro atoms. The summed E-state index contributed by atoms with van der Waals surface area (Å²) in [7, 11) is 3.12. The number of methoxy groups -OCH3 is 2. The number of rotatable bonds is 6. The summed E-state index contributed by atoms with van der Waals surface area (Å²) in [5.74, 6) is 0.644. The van der Waals surface area contributed by atoms with Gasteiger partial charge in [-0.25, -0.2) is 9.79 Å². The number of hydrogen-bond acceptors (Lipinski definition) is 7. The molecule has 0 fully saturated rings. The first-order valence-corrected chi connectivity index (χ1v) is 13.0. The smallest absolute Gasteiger partial charge is 0.338 e. The minimum absolute atomic E-state index is 0.282. The van der Waals surface area contributed by atoms with Gasteiger partial charge in [0.1, 0.15) is 11.5 Å². The minimum Gasteiger partial charge on any atom is -0.496 e. The summed E-state index contributed by atoms with van der Waals surface area (Å²) in [6.45, 7) is 5.31. The SMILES string of the molecule is COc1cc(OC)c(/C=c2\sc3n(c2=O)C(c2ccc(Cl)cc2)C(C(=O)OC(C)C)=C(C)N=3)cc1Br. The highest BCUT2D eigenvalue weighted by atomic mass is 79.9. The maximum Gasteiger partial charge on any atom is 0.338 e. The fourth-order valence-corrected chi connectivity index (χ4v) is 5.64. The summed E-state index contributed by atoms with van der Waals surface area (Å²) in [6, 6.07) is 9.91. The number of carbonyl (C=O) groups is 1. The Morgan fingerprint density at radius 2 is 1.83 bits per heavy atom. The Labute approximate surface area is 225 Å². The molecule has 3 aromatic rings. The second kappa shape index (κ2) is 10.6. The molecule has 0 saturated carbocycles. The van der Waals surface area contributed by atoms with E-state index >= 15 is 0 Å². The van der Waals surface area contributed by atoms with Crippen molar-refractivity contribution in [2.24, 2.45) is 4.99 Å². The summed E-state index contributed by atoms with van der Waals surface area (Å²) >= 11 is 10.8. The normalized spacial score (nSPS) is 15.6. The van der Waals surface area contributed by atoms with Crippen molar-refractivity contribution < 1.29 is 19.0 Å². The first kappa shape index (κ1) is 26.2. The number of aromatic nitrogens is 1. The molecule has 0 amide bonds. The van der Waals surface area contributed by atoms with E-state index in [1.807, 2.05) is 6.07 Å². The van der Waals surface area contributed by atoms with Gasteiger partial charge in [-0.05, 0) is 66.5 Å². The summed E-state index contributed by atoms with van der Waals surface area (Å²) < 4.78 is 19.1. The molecule has 0 aliphatic carbocycles. The topological polar surface area (TPSA) is 79.1 Å². The second-order valence-electron chi connectivity index (χ2n) is 8.32. The lowest BCUT2D eigenvalue weighted by atomic mass is 9.96. The van der Waals surface area contributed by atoms with Crippen LogP contribution in [0.5, 0.6) is 11.5 Å². The van der Waals surface area contributed by atoms with Crippen LogP contribution in [-0.4, -0.2) is 30.9 Å². The third-order valence-electron chi connectivity index (χ3n) is 5.56. The third kappa shape index (κ3) is 5.00. The van der Waals surface area contributed by atoms with Crippen LogP contribution in [0.3, 0.4) is 0 Å². The lowest BCUT2D eigenvalue weighted by Crippen LogP contribution is -2.40. The van der Waals surface area contributed by atoms with Crippen LogP contribution in [0.15, 0.2) is 61.9 Å². The molecule has 2 heterocycles. The number of esters is 1. The second-order valence-corrected chi connectivity index (χ2v) is 10.6. The molecule has 188 valence electrons. The van der Waals surface area contributed by atoms with Gasteiger partial charge in [0.05, 0.1) is 46.6 Å². The molecule has 0 bridgehead atoms. The lowest BCUT2D eigenvalue weighted by molar-refractivity contribution is -0.143. The van der Waals surface area contributed by atoms with Crippen LogP contribution in [0, 0.1) is 0 Å². The first-order chi connectivity index (χ1) is 17.1. The van der Waals surface area contributed by atoms with Gasteiger partial charge in [0.25, 0.3) is 5.56 Å². The zero-order chi connectivity index (χ0) is 26.1. The zero-order valence-corrected chi connectivity index (χ0v) is 23.5. The van der Waals surface area contributed by atoms with Crippen LogP contribution < -0.4 is 24.4 Å². The van der Waals surface area contributed by atoms with E-state index < -0.39 is 12.0 Å². The number of carbonyl (C=O) groups excluding carboxylic acids is 1. The predicted molar refractivity (Wildman–Crippen MR) is 144 cm³/mol. The Hall–Kier alpha value is -2.88. The van der Waals surface area contributed by atoms with Crippen LogP contribution >= 0.6 is 38.9 Å². The van der Waals surface area contributed by atoms with Crippen molar-refractivity contribution in [3.05, 3.63) is 88.0 Å². The Balaban J connectivity index is 1.95. The Bertz CT molecular complexity index is 1540. The molecule has 1 aromatic heterocycles. The van der Waals surface area contributed by atoms with Gasteiger partial charge >= 0.3 is 5.97 Å². The van der Waals surface area contributed by atoms with Gasteiger partial charge in [-0.2, -0.15) is 0 Å². The average Bonchev–Trinajstić information content (AvgIpc) is 3.12. The number of thiazole rings is 1. The summed E-state index contributed by atoms with van der Waals surface area (Å²) in [6.07, 6.45) is 1.42. The van der Waals surface area contributed by atoms with Crippen LogP contribution in [0.1, 0.15) is 37.9 Å². The van der Waals surface area contributed by atoms with Crippen LogP contribution in [0.2, 0.25) is 5.02 Å². The van der Waals surface area contributed by atoms with Crippen molar-refractivity contribution in [2.75, 3.05) is 14.2 Å². The van der Waals surface area contributed by atoms with Crippen LogP contribution in [-0.2, 0) is 9.53 Å². The van der Waals surface area contributed by atoms with Gasteiger partial charge in [-0.15, -0.1) is 0 Å². The number of halogens is 2. The number of allylic oxidation sites excluding steroid dienone is 1. The Morgan fingerprint density at radius 1 is 1.17 bits per heavy atom. The van der Waals surface area contributed by atoms with E-state index in [4.69, 9.17) is 25.8 Å². The lowest BCUT2D eigenvalue weighted by Gasteiger charge is -2.25. The quantitative estimate of drug-likeness (QED) is 0.391. The molecule has 0 radical (unpaired) electrons. The van der Waals surface area contributed by atoms with E-state index in [-0.39, 0.29) is 11.7 Å². The van der Waals surface area contributed by atoms with Crippen LogP contribution in [0.25, 0.3) is 6.08 Å². The van der Waals surface area contributed by atoms with E-state index in [2.05, 4.69) is 20.9 Å². The van der Waals surface area contributed by atoms with E-state index in [9.17, 15) is 9.59 Å².